The first-order valence-electron chi connectivity index (χ1n) is 7.90. The molecule has 0 bridgehead atoms. The van der Waals surface area contributed by atoms with Crippen molar-refractivity contribution in [2.45, 2.75) is 13.5 Å². The van der Waals surface area contributed by atoms with Crippen molar-refractivity contribution in [2.75, 3.05) is 6.54 Å². The van der Waals surface area contributed by atoms with Gasteiger partial charge in [0.1, 0.15) is 16.7 Å². The van der Waals surface area contributed by atoms with Crippen molar-refractivity contribution >= 4 is 63.5 Å². The van der Waals surface area contributed by atoms with E-state index in [1.165, 1.54) is 11.8 Å². The summed E-state index contributed by atoms with van der Waals surface area (Å²) >= 11 is 18.6. The highest BCUT2D eigenvalue weighted by molar-refractivity contribution is 8.26. The summed E-state index contributed by atoms with van der Waals surface area (Å²) in [5.74, 6) is 0.637. The Morgan fingerprint density at radius 2 is 2.04 bits per heavy atom. The first-order valence-corrected chi connectivity index (χ1v) is 9.88. The van der Waals surface area contributed by atoms with E-state index in [1.807, 2.05) is 43.3 Å². The van der Waals surface area contributed by atoms with E-state index in [1.54, 1.807) is 17.0 Å². The molecule has 0 aromatic heterocycles. The van der Waals surface area contributed by atoms with Gasteiger partial charge in [-0.05, 0) is 42.8 Å². The fourth-order valence-corrected chi connectivity index (χ4v) is 4.27. The third-order valence-corrected chi connectivity index (χ3v) is 5.72. The molecule has 0 unspecified atom stereocenters. The SMILES string of the molecule is CCN1C(=O)/C(=C/c2cccc(OCc3ccc(Cl)cc3Cl)c2)SC1=S. The molecule has 1 amide bonds. The fourth-order valence-electron chi connectivity index (χ4n) is 2.42. The number of halogens is 2. The maximum atomic E-state index is 12.3. The highest BCUT2D eigenvalue weighted by Gasteiger charge is 2.30. The van der Waals surface area contributed by atoms with Gasteiger partial charge >= 0.3 is 0 Å². The number of benzene rings is 2. The van der Waals surface area contributed by atoms with Crippen LogP contribution in [-0.4, -0.2) is 21.7 Å². The maximum absolute atomic E-state index is 12.3. The Morgan fingerprint density at radius 1 is 1.23 bits per heavy atom. The Bertz CT molecular complexity index is 899. The third kappa shape index (κ3) is 4.41. The molecular weight excluding hydrogens is 409 g/mol. The molecule has 26 heavy (non-hydrogen) atoms. The minimum atomic E-state index is -0.0539. The summed E-state index contributed by atoms with van der Waals surface area (Å²) in [4.78, 5) is 14.5. The molecule has 1 heterocycles. The number of thiocarbonyl (C=S) groups is 1. The lowest BCUT2D eigenvalue weighted by atomic mass is 10.2. The number of likely N-dealkylation sites (N-methyl/N-ethyl adjacent to an activating group) is 1. The smallest absolute Gasteiger partial charge is 0.266 e. The van der Waals surface area contributed by atoms with Crippen LogP contribution in [0.2, 0.25) is 10.0 Å². The van der Waals surface area contributed by atoms with Gasteiger partial charge in [-0.25, -0.2) is 0 Å². The second-order valence-electron chi connectivity index (χ2n) is 5.52. The quantitative estimate of drug-likeness (QED) is 0.449. The van der Waals surface area contributed by atoms with Crippen molar-refractivity contribution in [2.24, 2.45) is 0 Å². The number of carbonyl (C=O) groups is 1. The number of ether oxygens (including phenoxy) is 1. The zero-order chi connectivity index (χ0) is 18.7. The van der Waals surface area contributed by atoms with Gasteiger partial charge in [-0.3, -0.25) is 9.69 Å². The van der Waals surface area contributed by atoms with Crippen LogP contribution in [-0.2, 0) is 11.4 Å². The first-order chi connectivity index (χ1) is 12.5. The predicted molar refractivity (Wildman–Crippen MR) is 113 cm³/mol. The second kappa shape index (κ2) is 8.44. The third-order valence-electron chi connectivity index (χ3n) is 3.76. The lowest BCUT2D eigenvalue weighted by molar-refractivity contribution is -0.121. The minimum absolute atomic E-state index is 0.0539. The Labute approximate surface area is 171 Å². The van der Waals surface area contributed by atoms with Gasteiger partial charge in [0.2, 0.25) is 0 Å². The molecule has 3 nitrogen and oxygen atoms in total. The second-order valence-corrected chi connectivity index (χ2v) is 8.04. The Hall–Kier alpha value is -1.53. The molecule has 2 aromatic carbocycles. The van der Waals surface area contributed by atoms with Crippen LogP contribution in [0.4, 0.5) is 0 Å². The van der Waals surface area contributed by atoms with Gasteiger partial charge in [-0.2, -0.15) is 0 Å². The van der Waals surface area contributed by atoms with Gasteiger partial charge in [0, 0.05) is 22.2 Å². The number of nitrogens with zero attached hydrogens (tertiary/aromatic N) is 1. The lowest BCUT2D eigenvalue weighted by Crippen LogP contribution is -2.27. The van der Waals surface area contributed by atoms with Crippen LogP contribution in [0.1, 0.15) is 18.1 Å². The molecule has 0 spiro atoms. The normalized spacial score (nSPS) is 15.8. The van der Waals surface area contributed by atoms with Crippen molar-refractivity contribution < 1.29 is 9.53 Å². The molecule has 0 radical (unpaired) electrons. The largest absolute Gasteiger partial charge is 0.489 e. The van der Waals surface area contributed by atoms with Crippen LogP contribution < -0.4 is 4.74 Å². The molecule has 1 aliphatic heterocycles. The van der Waals surface area contributed by atoms with E-state index < -0.39 is 0 Å². The van der Waals surface area contributed by atoms with Crippen LogP contribution in [0.3, 0.4) is 0 Å². The number of thioether (sulfide) groups is 1. The van der Waals surface area contributed by atoms with E-state index in [2.05, 4.69) is 0 Å². The Kier molecular flexibility index (Phi) is 6.24. The summed E-state index contributed by atoms with van der Waals surface area (Å²) in [5, 5.41) is 1.15. The molecule has 3 rings (SSSR count). The van der Waals surface area contributed by atoms with E-state index in [0.717, 1.165) is 11.1 Å². The molecule has 0 N–H and O–H groups in total. The van der Waals surface area contributed by atoms with Crippen molar-refractivity contribution in [3.05, 3.63) is 68.5 Å². The molecule has 1 fully saturated rings. The summed E-state index contributed by atoms with van der Waals surface area (Å²) < 4.78 is 6.41. The van der Waals surface area contributed by atoms with Gasteiger partial charge < -0.3 is 4.74 Å². The molecule has 0 saturated carbocycles. The van der Waals surface area contributed by atoms with Crippen LogP contribution in [0, 0.1) is 0 Å². The van der Waals surface area contributed by atoms with Gasteiger partial charge in [-0.15, -0.1) is 0 Å². The molecule has 134 valence electrons. The Morgan fingerprint density at radius 3 is 2.73 bits per heavy atom. The van der Waals surface area contributed by atoms with Crippen LogP contribution >= 0.6 is 47.2 Å². The van der Waals surface area contributed by atoms with E-state index >= 15 is 0 Å². The van der Waals surface area contributed by atoms with E-state index in [9.17, 15) is 4.79 Å². The van der Waals surface area contributed by atoms with Gasteiger partial charge in [0.15, 0.2) is 0 Å². The molecule has 1 aliphatic rings. The standard InChI is InChI=1S/C19H15Cl2NO2S2/c1-2-22-18(23)17(26-19(22)25)9-12-4-3-5-15(8-12)24-11-13-6-7-14(20)10-16(13)21/h3-10H,2,11H2,1H3/b17-9-. The lowest BCUT2D eigenvalue weighted by Gasteiger charge is -2.10. The van der Waals surface area contributed by atoms with E-state index in [-0.39, 0.29) is 5.91 Å². The number of hydrogen-bond acceptors (Lipinski definition) is 4. The van der Waals surface area contributed by atoms with Crippen LogP contribution in [0.15, 0.2) is 47.4 Å². The first kappa shape index (κ1) is 19.2. The highest BCUT2D eigenvalue weighted by atomic mass is 35.5. The summed E-state index contributed by atoms with van der Waals surface area (Å²) in [6, 6.07) is 12.8. The number of rotatable bonds is 5. The molecule has 7 heteroatoms. The van der Waals surface area contributed by atoms with E-state index in [4.69, 9.17) is 40.2 Å². The van der Waals surface area contributed by atoms with Crippen LogP contribution in [0.5, 0.6) is 5.75 Å². The van der Waals surface area contributed by atoms with Crippen molar-refractivity contribution in [3.63, 3.8) is 0 Å². The summed E-state index contributed by atoms with van der Waals surface area (Å²) in [7, 11) is 0. The average molecular weight is 424 g/mol. The average Bonchev–Trinajstić information content (AvgIpc) is 2.87. The number of carbonyl (C=O) groups excluding carboxylic acids is 1. The minimum Gasteiger partial charge on any atom is -0.489 e. The highest BCUT2D eigenvalue weighted by Crippen LogP contribution is 2.32. The topological polar surface area (TPSA) is 29.5 Å². The van der Waals surface area contributed by atoms with Gasteiger partial charge in [0.05, 0.1) is 4.91 Å². The monoisotopic (exact) mass is 423 g/mol. The van der Waals surface area contributed by atoms with Gasteiger partial charge in [-0.1, -0.05) is 65.4 Å². The zero-order valence-electron chi connectivity index (χ0n) is 13.9. The van der Waals surface area contributed by atoms with Crippen molar-refractivity contribution in [1.82, 2.24) is 4.90 Å². The fraction of sp³-hybridized carbons (Fsp3) is 0.158. The summed E-state index contributed by atoms with van der Waals surface area (Å²) in [6.45, 7) is 2.81. The van der Waals surface area contributed by atoms with Gasteiger partial charge in [0.25, 0.3) is 5.91 Å². The van der Waals surface area contributed by atoms with Crippen molar-refractivity contribution in [1.29, 1.82) is 0 Å². The molecule has 2 aromatic rings. The zero-order valence-corrected chi connectivity index (χ0v) is 17.0. The maximum Gasteiger partial charge on any atom is 0.266 e. The molecule has 0 atom stereocenters. The predicted octanol–water partition coefficient (Wildman–Crippen LogP) is 5.79. The van der Waals surface area contributed by atoms with E-state index in [0.29, 0.717) is 38.2 Å². The molecular formula is C19H15Cl2NO2S2. The molecule has 1 saturated heterocycles. The molecule has 0 aliphatic carbocycles. The van der Waals surface area contributed by atoms with Crippen molar-refractivity contribution in [3.8, 4) is 5.75 Å². The Balaban J connectivity index is 1.73. The van der Waals surface area contributed by atoms with Crippen LogP contribution in [0.25, 0.3) is 6.08 Å². The summed E-state index contributed by atoms with van der Waals surface area (Å²) in [5.41, 5.74) is 1.73. The summed E-state index contributed by atoms with van der Waals surface area (Å²) in [6.07, 6.45) is 1.83. The number of amides is 1. The number of hydrogen-bond donors (Lipinski definition) is 0.